The Morgan fingerprint density at radius 3 is 2.42 bits per heavy atom. The van der Waals surface area contributed by atoms with Gasteiger partial charge in [0.1, 0.15) is 5.82 Å². The average molecular weight is 329 g/mol. The molecule has 1 fully saturated rings. The van der Waals surface area contributed by atoms with Gasteiger partial charge in [-0.25, -0.2) is 9.97 Å². The maximum absolute atomic E-state index is 12.2. The quantitative estimate of drug-likeness (QED) is 0.888. The summed E-state index contributed by atoms with van der Waals surface area (Å²) in [5, 5.41) is 0. The van der Waals surface area contributed by atoms with E-state index in [1.807, 2.05) is 0 Å². The fourth-order valence-electron chi connectivity index (χ4n) is 3.16. The maximum atomic E-state index is 12.2. The Bertz CT molecular complexity index is 832. The smallest absolute Gasteiger partial charge is 0.254 e. The zero-order valence-electron chi connectivity index (χ0n) is 14.2. The van der Waals surface area contributed by atoms with E-state index in [-0.39, 0.29) is 11.1 Å². The third kappa shape index (κ3) is 3.72. The molecule has 7 heteroatoms. The van der Waals surface area contributed by atoms with E-state index in [1.54, 1.807) is 13.8 Å². The highest BCUT2D eigenvalue weighted by Gasteiger charge is 2.15. The molecular weight excluding hydrogens is 306 g/mol. The van der Waals surface area contributed by atoms with E-state index < -0.39 is 0 Å². The monoisotopic (exact) mass is 329 g/mol. The fraction of sp³-hybridized carbons (Fsp3) is 0.529. The van der Waals surface area contributed by atoms with E-state index in [9.17, 15) is 9.59 Å². The van der Waals surface area contributed by atoms with E-state index in [0.29, 0.717) is 35.1 Å². The van der Waals surface area contributed by atoms with Crippen molar-refractivity contribution in [3.8, 4) is 0 Å². The summed E-state index contributed by atoms with van der Waals surface area (Å²) < 4.78 is 0. The summed E-state index contributed by atoms with van der Waals surface area (Å²) in [5.74, 6) is 1.19. The van der Waals surface area contributed by atoms with Gasteiger partial charge in [-0.3, -0.25) is 14.6 Å². The van der Waals surface area contributed by atoms with E-state index in [0.717, 1.165) is 25.9 Å². The molecule has 7 nitrogen and oxygen atoms in total. The molecule has 0 amide bonds. The van der Waals surface area contributed by atoms with Crippen LogP contribution in [0.5, 0.6) is 0 Å². The van der Waals surface area contributed by atoms with Gasteiger partial charge in [-0.05, 0) is 26.7 Å². The van der Waals surface area contributed by atoms with Crippen molar-refractivity contribution in [1.29, 1.82) is 0 Å². The van der Waals surface area contributed by atoms with Crippen LogP contribution in [-0.2, 0) is 6.42 Å². The Hall–Kier alpha value is -2.44. The minimum Gasteiger partial charge on any atom is -0.342 e. The largest absolute Gasteiger partial charge is 0.342 e. The number of nitrogens with one attached hydrogen (secondary N) is 2. The lowest BCUT2D eigenvalue weighted by molar-refractivity contribution is 0.726. The normalized spacial score (nSPS) is 15.3. The predicted molar refractivity (Wildman–Crippen MR) is 92.7 cm³/mol. The first-order valence-corrected chi connectivity index (χ1v) is 8.44. The van der Waals surface area contributed by atoms with Gasteiger partial charge in [0.25, 0.3) is 11.1 Å². The molecular formula is C17H23N5O2. The van der Waals surface area contributed by atoms with Crippen molar-refractivity contribution in [3.63, 3.8) is 0 Å². The van der Waals surface area contributed by atoms with Crippen LogP contribution in [0.15, 0.2) is 15.7 Å². The Kier molecular flexibility index (Phi) is 4.78. The molecule has 24 heavy (non-hydrogen) atoms. The average Bonchev–Trinajstić information content (AvgIpc) is 2.79. The Labute approximate surface area is 140 Å². The first-order valence-electron chi connectivity index (χ1n) is 8.44. The van der Waals surface area contributed by atoms with Crippen LogP contribution in [0.3, 0.4) is 0 Å². The molecule has 1 saturated heterocycles. The highest BCUT2D eigenvalue weighted by molar-refractivity contribution is 5.32. The molecule has 1 aliphatic rings. The molecule has 2 aromatic rings. The summed E-state index contributed by atoms with van der Waals surface area (Å²) in [6, 6.07) is 1.46. The fourth-order valence-corrected chi connectivity index (χ4v) is 3.16. The SMILES string of the molecule is Cc1nc(C)c(Cc2cc(=O)[nH]c(N3CCCCCC3)n2)c(=O)[nH]1. The van der Waals surface area contributed by atoms with E-state index in [4.69, 9.17) is 0 Å². The number of hydrogen-bond donors (Lipinski definition) is 2. The number of H-pyrrole nitrogens is 2. The van der Waals surface area contributed by atoms with Gasteiger partial charge in [-0.2, -0.15) is 0 Å². The number of hydrogen-bond acceptors (Lipinski definition) is 5. The van der Waals surface area contributed by atoms with Crippen LogP contribution >= 0.6 is 0 Å². The van der Waals surface area contributed by atoms with E-state index in [2.05, 4.69) is 24.8 Å². The standard InChI is InChI=1S/C17H23N5O2/c1-11-14(16(24)19-12(2)18-11)9-13-10-15(23)21-17(20-13)22-7-5-3-4-6-8-22/h10H,3-9H2,1-2H3,(H,18,19,24)(H,20,21,23). The van der Waals surface area contributed by atoms with Gasteiger partial charge >= 0.3 is 0 Å². The molecule has 0 bridgehead atoms. The topological polar surface area (TPSA) is 94.7 Å². The van der Waals surface area contributed by atoms with E-state index >= 15 is 0 Å². The number of anilines is 1. The van der Waals surface area contributed by atoms with Gasteiger partial charge < -0.3 is 9.88 Å². The zero-order valence-corrected chi connectivity index (χ0v) is 14.2. The molecule has 0 unspecified atom stereocenters. The second-order valence-electron chi connectivity index (χ2n) is 6.35. The highest BCUT2D eigenvalue weighted by atomic mass is 16.1. The number of aryl methyl sites for hydroxylation is 2. The van der Waals surface area contributed by atoms with Crippen molar-refractivity contribution in [2.45, 2.75) is 46.0 Å². The van der Waals surface area contributed by atoms with Crippen LogP contribution < -0.4 is 16.0 Å². The molecule has 0 atom stereocenters. The highest BCUT2D eigenvalue weighted by Crippen LogP contribution is 2.15. The van der Waals surface area contributed by atoms with Crippen LogP contribution in [-0.4, -0.2) is 33.0 Å². The zero-order chi connectivity index (χ0) is 17.1. The summed E-state index contributed by atoms with van der Waals surface area (Å²) in [4.78, 5) is 40.7. The number of nitrogens with zero attached hydrogens (tertiary/aromatic N) is 3. The molecule has 0 spiro atoms. The Morgan fingerprint density at radius 2 is 1.75 bits per heavy atom. The first kappa shape index (κ1) is 16.4. The minimum atomic E-state index is -0.187. The molecule has 0 aliphatic carbocycles. The van der Waals surface area contributed by atoms with Crippen molar-refractivity contribution in [2.75, 3.05) is 18.0 Å². The van der Waals surface area contributed by atoms with Crippen LogP contribution in [0.4, 0.5) is 5.95 Å². The lowest BCUT2D eigenvalue weighted by atomic mass is 10.1. The molecule has 128 valence electrons. The molecule has 0 saturated carbocycles. The second kappa shape index (κ2) is 6.98. The summed E-state index contributed by atoms with van der Waals surface area (Å²) >= 11 is 0. The molecule has 0 aromatic carbocycles. The molecule has 3 heterocycles. The maximum Gasteiger partial charge on any atom is 0.254 e. The molecule has 2 N–H and O–H groups in total. The number of rotatable bonds is 3. The molecule has 2 aromatic heterocycles. The summed E-state index contributed by atoms with van der Waals surface area (Å²) in [5.41, 5.74) is 1.47. The first-order chi connectivity index (χ1) is 11.5. The lowest BCUT2D eigenvalue weighted by Gasteiger charge is -2.21. The third-order valence-corrected chi connectivity index (χ3v) is 4.39. The van der Waals surface area contributed by atoms with E-state index in [1.165, 1.54) is 18.9 Å². The molecule has 0 radical (unpaired) electrons. The van der Waals surface area contributed by atoms with Gasteiger partial charge in [0, 0.05) is 36.8 Å². The van der Waals surface area contributed by atoms with Gasteiger partial charge in [-0.15, -0.1) is 0 Å². The predicted octanol–water partition coefficient (Wildman–Crippen LogP) is 1.44. The Morgan fingerprint density at radius 1 is 1.04 bits per heavy atom. The summed E-state index contributed by atoms with van der Waals surface area (Å²) in [7, 11) is 0. The van der Waals surface area contributed by atoms with Crippen LogP contribution in [0.2, 0.25) is 0 Å². The van der Waals surface area contributed by atoms with Crippen molar-refractivity contribution in [1.82, 2.24) is 19.9 Å². The van der Waals surface area contributed by atoms with Crippen LogP contribution in [0.25, 0.3) is 0 Å². The number of aromatic nitrogens is 4. The van der Waals surface area contributed by atoms with Gasteiger partial charge in [0.05, 0.1) is 5.69 Å². The summed E-state index contributed by atoms with van der Waals surface area (Å²) in [6.07, 6.45) is 4.94. The summed E-state index contributed by atoms with van der Waals surface area (Å²) in [6.45, 7) is 5.36. The van der Waals surface area contributed by atoms with Crippen molar-refractivity contribution < 1.29 is 0 Å². The lowest BCUT2D eigenvalue weighted by Crippen LogP contribution is -2.29. The second-order valence-corrected chi connectivity index (χ2v) is 6.35. The van der Waals surface area contributed by atoms with Crippen molar-refractivity contribution in [3.05, 3.63) is 49.5 Å². The van der Waals surface area contributed by atoms with Gasteiger partial charge in [0.2, 0.25) is 5.95 Å². The van der Waals surface area contributed by atoms with Gasteiger partial charge in [0.15, 0.2) is 0 Å². The van der Waals surface area contributed by atoms with Crippen LogP contribution in [0.1, 0.15) is 48.5 Å². The van der Waals surface area contributed by atoms with Crippen molar-refractivity contribution in [2.24, 2.45) is 0 Å². The Balaban J connectivity index is 1.92. The number of aromatic amines is 2. The minimum absolute atomic E-state index is 0.168. The molecule has 1 aliphatic heterocycles. The van der Waals surface area contributed by atoms with Gasteiger partial charge in [-0.1, -0.05) is 12.8 Å². The molecule has 3 rings (SSSR count). The third-order valence-electron chi connectivity index (χ3n) is 4.39. The van der Waals surface area contributed by atoms with Crippen molar-refractivity contribution >= 4 is 5.95 Å². The van der Waals surface area contributed by atoms with Crippen LogP contribution in [0, 0.1) is 13.8 Å².